The zero-order valence-corrected chi connectivity index (χ0v) is 44.7. The van der Waals surface area contributed by atoms with Crippen molar-refractivity contribution in [2.75, 3.05) is 33.0 Å². The summed E-state index contributed by atoms with van der Waals surface area (Å²) in [4.78, 5) is 22.7. The van der Waals surface area contributed by atoms with Crippen LogP contribution >= 0.6 is 7.82 Å². The highest BCUT2D eigenvalue weighted by molar-refractivity contribution is 7.47. The van der Waals surface area contributed by atoms with E-state index in [2.05, 4.69) is 13.8 Å². The number of ether oxygens (including phenoxy) is 2. The highest BCUT2D eigenvalue weighted by atomic mass is 31.2. The molecule has 0 aliphatic heterocycles. The van der Waals surface area contributed by atoms with E-state index in [1.807, 2.05) is 0 Å². The van der Waals surface area contributed by atoms with Crippen LogP contribution in [0, 0.1) is 0 Å². The Morgan fingerprint density at radius 2 is 0.677 bits per heavy atom. The van der Waals surface area contributed by atoms with Gasteiger partial charge < -0.3 is 20.1 Å². The van der Waals surface area contributed by atoms with E-state index in [0.717, 1.165) is 32.1 Å². The van der Waals surface area contributed by atoms with Gasteiger partial charge in [-0.25, -0.2) is 4.57 Å². The fourth-order valence-electron chi connectivity index (χ4n) is 9.00. The van der Waals surface area contributed by atoms with Crippen LogP contribution in [0.2, 0.25) is 0 Å². The molecule has 2 unspecified atom stereocenters. The first-order chi connectivity index (χ1) is 31.9. The van der Waals surface area contributed by atoms with Gasteiger partial charge in [-0.2, -0.15) is 0 Å². The maximum Gasteiger partial charge on any atom is 0.472 e. The van der Waals surface area contributed by atoms with Crippen LogP contribution in [0.3, 0.4) is 0 Å². The average Bonchev–Trinajstić information content (AvgIpc) is 3.30. The highest BCUT2D eigenvalue weighted by Gasteiger charge is 2.25. The zero-order valence-electron chi connectivity index (χ0n) is 43.8. The van der Waals surface area contributed by atoms with Crippen molar-refractivity contribution in [1.29, 1.82) is 0 Å². The standard InChI is InChI=1S/C56H114NO7P/c1-3-5-7-9-11-13-15-17-19-21-23-25-26-27-28-29-31-33-35-37-39-41-43-45-47-49-56(58)64-55(54-63-65(59,60)62-52-50-57)53-61-51-48-46-44-42-40-38-36-34-32-30-24-22-20-18-16-14-12-10-8-6-4-2/h55H,3-54,57H2,1-2H3,(H,59,60). The van der Waals surface area contributed by atoms with Crippen molar-refractivity contribution in [2.24, 2.45) is 5.73 Å². The van der Waals surface area contributed by atoms with Crippen molar-refractivity contribution in [3.05, 3.63) is 0 Å². The first-order valence-corrected chi connectivity index (χ1v) is 30.5. The Morgan fingerprint density at radius 3 is 0.969 bits per heavy atom. The molecular formula is C56H114NO7P. The second kappa shape index (κ2) is 54.4. The van der Waals surface area contributed by atoms with Crippen LogP contribution in [0.15, 0.2) is 0 Å². The number of phosphoric ester groups is 1. The van der Waals surface area contributed by atoms with Crippen molar-refractivity contribution >= 4 is 13.8 Å². The SMILES string of the molecule is CCCCCCCCCCCCCCCCCCCCCCCCCCCC(=O)OC(COCCCCCCCCCCCCCCCCCCCCCCC)COP(=O)(O)OCCN. The lowest BCUT2D eigenvalue weighted by molar-refractivity contribution is -0.154. The molecule has 0 aromatic heterocycles. The Kier molecular flexibility index (Phi) is 54.0. The minimum atomic E-state index is -4.28. The Hall–Kier alpha value is -0.500. The number of carbonyl (C=O) groups excluding carboxylic acids is 1. The predicted molar refractivity (Wildman–Crippen MR) is 280 cm³/mol. The van der Waals surface area contributed by atoms with Crippen molar-refractivity contribution in [2.45, 2.75) is 322 Å². The third kappa shape index (κ3) is 54.3. The van der Waals surface area contributed by atoms with Crippen LogP contribution in [0.1, 0.15) is 316 Å². The Morgan fingerprint density at radius 1 is 0.400 bits per heavy atom. The number of rotatable bonds is 57. The highest BCUT2D eigenvalue weighted by Crippen LogP contribution is 2.43. The van der Waals surface area contributed by atoms with Crippen LogP contribution in [0.4, 0.5) is 0 Å². The van der Waals surface area contributed by atoms with Gasteiger partial charge in [0.25, 0.3) is 0 Å². The van der Waals surface area contributed by atoms with E-state index in [4.69, 9.17) is 24.3 Å². The molecule has 2 atom stereocenters. The molecule has 0 aromatic rings. The second-order valence-corrected chi connectivity index (χ2v) is 21.3. The molecule has 0 rings (SSSR count). The largest absolute Gasteiger partial charge is 0.472 e. The summed E-state index contributed by atoms with van der Waals surface area (Å²) in [6, 6.07) is 0. The maximum atomic E-state index is 12.7. The van der Waals surface area contributed by atoms with Gasteiger partial charge in [-0.05, 0) is 12.8 Å². The van der Waals surface area contributed by atoms with Crippen molar-refractivity contribution < 1.29 is 32.8 Å². The number of phosphoric acid groups is 1. The van der Waals surface area contributed by atoms with Gasteiger partial charge in [0.2, 0.25) is 0 Å². The Labute approximate surface area is 405 Å². The van der Waals surface area contributed by atoms with Gasteiger partial charge in [-0.3, -0.25) is 13.8 Å². The van der Waals surface area contributed by atoms with E-state index < -0.39 is 13.9 Å². The lowest BCUT2D eigenvalue weighted by Gasteiger charge is -2.20. The van der Waals surface area contributed by atoms with Gasteiger partial charge in [-0.15, -0.1) is 0 Å². The molecule has 0 heterocycles. The number of unbranched alkanes of at least 4 members (excludes halogenated alkanes) is 44. The van der Waals surface area contributed by atoms with Crippen LogP contribution in [0.25, 0.3) is 0 Å². The molecule has 0 bridgehead atoms. The average molecular weight is 945 g/mol. The number of carbonyl (C=O) groups is 1. The van der Waals surface area contributed by atoms with E-state index in [1.54, 1.807) is 0 Å². The van der Waals surface area contributed by atoms with Gasteiger partial charge in [0.15, 0.2) is 0 Å². The number of hydrogen-bond donors (Lipinski definition) is 2. The van der Waals surface area contributed by atoms with Crippen molar-refractivity contribution in [1.82, 2.24) is 0 Å². The van der Waals surface area contributed by atoms with E-state index in [-0.39, 0.29) is 32.3 Å². The second-order valence-electron chi connectivity index (χ2n) is 19.9. The van der Waals surface area contributed by atoms with E-state index in [0.29, 0.717) is 13.0 Å². The normalized spacial score (nSPS) is 13.1. The monoisotopic (exact) mass is 944 g/mol. The molecule has 0 amide bonds. The zero-order chi connectivity index (χ0) is 47.3. The summed E-state index contributed by atoms with van der Waals surface area (Å²) in [5.74, 6) is -0.319. The third-order valence-electron chi connectivity index (χ3n) is 13.3. The van der Waals surface area contributed by atoms with E-state index in [9.17, 15) is 14.3 Å². The third-order valence-corrected chi connectivity index (χ3v) is 14.3. The molecule has 390 valence electrons. The lowest BCUT2D eigenvalue weighted by atomic mass is 10.0. The fourth-order valence-corrected chi connectivity index (χ4v) is 9.77. The molecule has 0 saturated heterocycles. The van der Waals surface area contributed by atoms with Crippen LogP contribution in [-0.4, -0.2) is 49.9 Å². The molecule has 3 N–H and O–H groups in total. The summed E-state index contributed by atoms with van der Waals surface area (Å²) < 4.78 is 33.7. The lowest BCUT2D eigenvalue weighted by Crippen LogP contribution is -2.28. The first kappa shape index (κ1) is 64.5. The molecule has 0 aliphatic rings. The van der Waals surface area contributed by atoms with Gasteiger partial charge in [0.1, 0.15) is 6.10 Å². The molecular weight excluding hydrogens is 830 g/mol. The number of esters is 1. The van der Waals surface area contributed by atoms with Crippen molar-refractivity contribution in [3.63, 3.8) is 0 Å². The predicted octanol–water partition coefficient (Wildman–Crippen LogP) is 18.4. The van der Waals surface area contributed by atoms with Gasteiger partial charge in [-0.1, -0.05) is 296 Å². The summed E-state index contributed by atoms with van der Waals surface area (Å²) in [5, 5.41) is 0. The van der Waals surface area contributed by atoms with Gasteiger partial charge in [0, 0.05) is 19.6 Å². The molecule has 0 saturated carbocycles. The van der Waals surface area contributed by atoms with E-state index in [1.165, 1.54) is 263 Å². The minimum Gasteiger partial charge on any atom is -0.457 e. The summed E-state index contributed by atoms with van der Waals surface area (Å²) >= 11 is 0. The van der Waals surface area contributed by atoms with Crippen molar-refractivity contribution in [3.8, 4) is 0 Å². The molecule has 9 heteroatoms. The summed E-state index contributed by atoms with van der Waals surface area (Å²) in [5.41, 5.74) is 5.40. The number of hydrogen-bond acceptors (Lipinski definition) is 7. The number of nitrogens with two attached hydrogens (primary N) is 1. The summed E-state index contributed by atoms with van der Waals surface area (Å²) in [6.45, 7) is 5.03. The smallest absolute Gasteiger partial charge is 0.457 e. The first-order valence-electron chi connectivity index (χ1n) is 29.0. The van der Waals surface area contributed by atoms with Crippen LogP contribution < -0.4 is 5.73 Å². The molecule has 0 aromatic carbocycles. The van der Waals surface area contributed by atoms with E-state index >= 15 is 0 Å². The molecule has 0 radical (unpaired) electrons. The Balaban J connectivity index is 3.81. The van der Waals surface area contributed by atoms with Crippen LogP contribution in [-0.2, 0) is 27.9 Å². The molecule has 0 spiro atoms. The molecule has 0 fully saturated rings. The van der Waals surface area contributed by atoms with Gasteiger partial charge in [0.05, 0.1) is 19.8 Å². The molecule has 8 nitrogen and oxygen atoms in total. The minimum absolute atomic E-state index is 0.0895. The summed E-state index contributed by atoms with van der Waals surface area (Å²) in [6.07, 6.45) is 61.6. The quantitative estimate of drug-likeness (QED) is 0.0352. The van der Waals surface area contributed by atoms with Crippen LogP contribution in [0.5, 0.6) is 0 Å². The fraction of sp³-hybridized carbons (Fsp3) is 0.982. The topological polar surface area (TPSA) is 117 Å². The Bertz CT molecular complexity index is 971. The molecule has 0 aliphatic carbocycles. The maximum absolute atomic E-state index is 12.7. The summed E-state index contributed by atoms with van der Waals surface area (Å²) in [7, 11) is -4.28. The van der Waals surface area contributed by atoms with Gasteiger partial charge >= 0.3 is 13.8 Å². The molecule has 65 heavy (non-hydrogen) atoms.